The van der Waals surface area contributed by atoms with E-state index in [9.17, 15) is 0 Å². The smallest absolute Gasteiger partial charge is 1.00 e. The van der Waals surface area contributed by atoms with Gasteiger partial charge >= 0.3 is 296 Å². The Morgan fingerprint density at radius 1 is 0.0750 bits per heavy atom. The van der Waals surface area contributed by atoms with E-state index in [1.807, 2.05) is 0 Å². The third-order valence-corrected chi connectivity index (χ3v) is 0. The predicted molar refractivity (Wildman–Crippen MR) is 229 cm³/mol. The van der Waals surface area contributed by atoms with Gasteiger partial charge in [-0.25, -0.2) is 0 Å². The molecule has 40 heavy (non-hydrogen) atoms. The van der Waals surface area contributed by atoms with Gasteiger partial charge in [-0.05, 0) is 0 Å². The number of halogens is 30. The molecule has 0 aliphatic carbocycles. The van der Waals surface area contributed by atoms with Crippen molar-refractivity contribution < 1.29 is 310 Å². The first-order valence-electron chi connectivity index (χ1n) is 0. The van der Waals surface area contributed by atoms with Crippen LogP contribution in [0.5, 0.6) is 0 Å². The SMILES string of the molecule is Cl.Cl.Cl.Cl.Cl.Cl.Cl.Cl.Cl.Cl.Cl.Cl.Cl.Cl.Cl.Cl.Cl.Cl.Cl.Cl.Cl.Cl.Cl.Cl.Cl.Cl.Cl.Cl.Cl.Cl.[H-].[H-].[H-].[H-].[H-].[H-].[H-].[H-].[H-].[H-].[Na+].[Na+].[Na+].[Na+].[Na+].[Na+].[Na+].[Na+].[Na+].[Na+]. The van der Waals surface area contributed by atoms with E-state index in [0.717, 1.165) is 0 Å². The van der Waals surface area contributed by atoms with Gasteiger partial charge < -0.3 is 14.3 Å². The Hall–Kier alpha value is 18.7. The maximum absolute atomic E-state index is 0. The monoisotopic (exact) mass is 1320 g/mol. The normalized spacial score (nSPS) is 0. The molecule has 0 fully saturated rings. The van der Waals surface area contributed by atoms with Crippen molar-refractivity contribution >= 4 is 372 Å². The molecule has 0 rings (SSSR count). The zero-order valence-corrected chi connectivity index (χ0v) is 66.7. The summed E-state index contributed by atoms with van der Waals surface area (Å²) in [5.41, 5.74) is 0. The van der Waals surface area contributed by atoms with Crippen LogP contribution in [0.2, 0.25) is 0 Å². The van der Waals surface area contributed by atoms with Gasteiger partial charge in [0.25, 0.3) is 0 Å². The standard InChI is InChI=1S/30ClH.10Na.10H/h30*1H;;;;;;;;;;;;;;;;;;;;/q;;;;;;;;;;;;;;;;;;;;;;;;;;;;;;10*+1;10*-1. The summed E-state index contributed by atoms with van der Waals surface area (Å²) in [6, 6.07) is 0. The molecule has 0 N–H and O–H groups in total. The van der Waals surface area contributed by atoms with E-state index < -0.39 is 0 Å². The zero-order chi connectivity index (χ0) is 0. The fourth-order valence-electron chi connectivity index (χ4n) is 0. The van der Waals surface area contributed by atoms with Crippen molar-refractivity contribution in [3.63, 3.8) is 0 Å². The van der Waals surface area contributed by atoms with Crippen molar-refractivity contribution in [3.05, 3.63) is 0 Å². The van der Waals surface area contributed by atoms with Gasteiger partial charge in [-0.2, -0.15) is 0 Å². The Kier molecular flexibility index (Phi) is 7410. The van der Waals surface area contributed by atoms with Crippen LogP contribution in [0.15, 0.2) is 0 Å². The van der Waals surface area contributed by atoms with Crippen LogP contribution in [0.3, 0.4) is 0 Å². The second-order valence-electron chi connectivity index (χ2n) is 0. The van der Waals surface area contributed by atoms with Gasteiger partial charge in [-0.1, -0.05) is 0 Å². The minimum absolute atomic E-state index is 0. The summed E-state index contributed by atoms with van der Waals surface area (Å²) in [6.07, 6.45) is 0. The number of rotatable bonds is 0. The van der Waals surface area contributed by atoms with Crippen LogP contribution < -0.4 is 296 Å². The van der Waals surface area contributed by atoms with Crippen LogP contribution >= 0.6 is 372 Å². The molecule has 0 aromatic carbocycles. The first-order valence-corrected chi connectivity index (χ1v) is 0. The van der Waals surface area contributed by atoms with Gasteiger partial charge in [-0.3, -0.25) is 0 Å². The Balaban J connectivity index is 0. The molecular formula is H40Cl30Na10. The Morgan fingerprint density at radius 3 is 0.0750 bits per heavy atom. The van der Waals surface area contributed by atoms with Crippen LogP contribution in [0.1, 0.15) is 14.3 Å². The van der Waals surface area contributed by atoms with Gasteiger partial charge in [0.1, 0.15) is 0 Å². The van der Waals surface area contributed by atoms with Crippen molar-refractivity contribution in [2.24, 2.45) is 0 Å². The molecule has 0 bridgehead atoms. The molecule has 0 spiro atoms. The molecule has 0 aromatic heterocycles. The van der Waals surface area contributed by atoms with Crippen molar-refractivity contribution in [2.45, 2.75) is 0 Å². The topological polar surface area (TPSA) is 0 Å². The summed E-state index contributed by atoms with van der Waals surface area (Å²) < 4.78 is 0. The molecule has 0 unspecified atom stereocenters. The summed E-state index contributed by atoms with van der Waals surface area (Å²) in [5.74, 6) is 0. The van der Waals surface area contributed by atoms with E-state index >= 15 is 0 Å². The average molecular weight is 1330 g/mol. The third kappa shape index (κ3) is 503. The maximum Gasteiger partial charge on any atom is 1.00 e. The quantitative estimate of drug-likeness (QED) is 0.212. The Labute approximate surface area is 665 Å². The van der Waals surface area contributed by atoms with Crippen LogP contribution in [0.25, 0.3) is 0 Å². The maximum atomic E-state index is 0. The van der Waals surface area contributed by atoms with E-state index in [1.165, 1.54) is 0 Å². The fourth-order valence-corrected chi connectivity index (χ4v) is 0. The number of hydrogen-bond donors (Lipinski definition) is 0. The van der Waals surface area contributed by atoms with Crippen molar-refractivity contribution in [3.8, 4) is 0 Å². The van der Waals surface area contributed by atoms with Crippen LogP contribution in [-0.2, 0) is 0 Å². The van der Waals surface area contributed by atoms with Crippen molar-refractivity contribution in [1.29, 1.82) is 0 Å². The second-order valence-corrected chi connectivity index (χ2v) is 0. The van der Waals surface area contributed by atoms with Crippen LogP contribution in [-0.4, -0.2) is 0 Å². The molecule has 0 aliphatic rings. The molecule has 0 heterocycles. The van der Waals surface area contributed by atoms with E-state index in [-0.39, 0.29) is 682 Å². The van der Waals surface area contributed by atoms with Crippen molar-refractivity contribution in [1.82, 2.24) is 0 Å². The van der Waals surface area contributed by atoms with Gasteiger partial charge in [0, 0.05) is 0 Å². The molecule has 0 amide bonds. The minimum Gasteiger partial charge on any atom is -1.00 e. The zero-order valence-electron chi connectivity index (χ0n) is 32.2. The predicted octanol–water partition coefficient (Wildman–Crippen LogP) is -16.2. The molecule has 0 saturated carbocycles. The summed E-state index contributed by atoms with van der Waals surface area (Å²) in [7, 11) is 0. The molecule has 0 radical (unpaired) electrons. The Bertz CT molecular complexity index is 68.5. The van der Waals surface area contributed by atoms with E-state index in [1.54, 1.807) is 0 Å². The van der Waals surface area contributed by atoms with Gasteiger partial charge in [-0.15, -0.1) is 372 Å². The number of hydrogen-bond acceptors (Lipinski definition) is 0. The molecule has 0 atom stereocenters. The van der Waals surface area contributed by atoms with Crippen molar-refractivity contribution in [2.75, 3.05) is 0 Å². The Morgan fingerprint density at radius 2 is 0.0750 bits per heavy atom. The summed E-state index contributed by atoms with van der Waals surface area (Å²) in [6.45, 7) is 0. The fraction of sp³-hybridized carbons (Fsp3) is 0. The summed E-state index contributed by atoms with van der Waals surface area (Å²) in [4.78, 5) is 0. The van der Waals surface area contributed by atoms with E-state index in [4.69, 9.17) is 0 Å². The van der Waals surface area contributed by atoms with Gasteiger partial charge in [0.15, 0.2) is 0 Å². The first kappa shape index (κ1) is 559. The minimum atomic E-state index is 0. The molecule has 0 saturated heterocycles. The van der Waals surface area contributed by atoms with Crippen LogP contribution in [0.4, 0.5) is 0 Å². The molecule has 40 heteroatoms. The average Bonchev–Trinajstić information content (AvgIpc) is 0. The van der Waals surface area contributed by atoms with Gasteiger partial charge in [0.2, 0.25) is 0 Å². The molecule has 0 nitrogen and oxygen atoms in total. The summed E-state index contributed by atoms with van der Waals surface area (Å²) >= 11 is 0. The first-order chi connectivity index (χ1) is 0. The largest absolute Gasteiger partial charge is 1.00 e. The molecule has 0 aliphatic heterocycles. The van der Waals surface area contributed by atoms with E-state index in [2.05, 4.69) is 0 Å². The molecule has 0 aromatic rings. The third-order valence-electron chi connectivity index (χ3n) is 0. The van der Waals surface area contributed by atoms with Gasteiger partial charge in [0.05, 0.1) is 0 Å². The van der Waals surface area contributed by atoms with Crippen LogP contribution in [0, 0.1) is 0 Å². The summed E-state index contributed by atoms with van der Waals surface area (Å²) in [5, 5.41) is 0. The molecular weight excluding hydrogens is 1290 g/mol. The molecule has 260 valence electrons. The van der Waals surface area contributed by atoms with E-state index in [0.29, 0.717) is 0 Å². The second kappa shape index (κ2) is 530.